The van der Waals surface area contributed by atoms with E-state index in [1.54, 1.807) is 0 Å². The zero-order valence-corrected chi connectivity index (χ0v) is 19.2. The summed E-state index contributed by atoms with van der Waals surface area (Å²) in [6.07, 6.45) is 4.04. The molecule has 0 aliphatic carbocycles. The highest BCUT2D eigenvalue weighted by atomic mass is 127. The predicted octanol–water partition coefficient (Wildman–Crippen LogP) is 5.53. The van der Waals surface area contributed by atoms with Gasteiger partial charge in [0.15, 0.2) is 0 Å². The van der Waals surface area contributed by atoms with Crippen LogP contribution in [0.1, 0.15) is 75.4 Å². The minimum atomic E-state index is -0.639. The van der Waals surface area contributed by atoms with Gasteiger partial charge in [-0.25, -0.2) is 0 Å². The van der Waals surface area contributed by atoms with Crippen LogP contribution in [0.2, 0.25) is 0 Å². The summed E-state index contributed by atoms with van der Waals surface area (Å²) >= 11 is 2.04. The highest BCUT2D eigenvalue weighted by Gasteiger charge is 2.24. The fourth-order valence-electron chi connectivity index (χ4n) is 2.71. The number of ether oxygens (including phenoxy) is 2. The van der Waals surface area contributed by atoms with Crippen LogP contribution in [0, 0.1) is 3.57 Å². The molecule has 1 aromatic heterocycles. The number of unbranched alkanes of at least 4 members (excludes halogenated alkanes) is 2. The summed E-state index contributed by atoms with van der Waals surface area (Å²) < 4.78 is 17.9. The van der Waals surface area contributed by atoms with Crippen molar-refractivity contribution in [2.75, 3.05) is 13.2 Å². The summed E-state index contributed by atoms with van der Waals surface area (Å²) in [5.41, 5.74) is 7.79. The molecule has 28 heavy (non-hydrogen) atoms. The average Bonchev–Trinajstić information content (AvgIpc) is 3.03. The van der Waals surface area contributed by atoms with Crippen LogP contribution < -0.4 is 15.2 Å². The van der Waals surface area contributed by atoms with Gasteiger partial charge in [0.1, 0.15) is 17.2 Å². The molecule has 1 heterocycles. The molecule has 0 aliphatic heterocycles. The summed E-state index contributed by atoms with van der Waals surface area (Å²) in [5.74, 6) is 1.17. The van der Waals surface area contributed by atoms with E-state index in [9.17, 15) is 4.79 Å². The molecule has 0 atom stereocenters. The van der Waals surface area contributed by atoms with Crippen LogP contribution in [-0.2, 0) is 0 Å². The second-order valence-electron chi connectivity index (χ2n) is 6.98. The molecule has 0 bridgehead atoms. The first-order valence-corrected chi connectivity index (χ1v) is 10.9. The van der Waals surface area contributed by atoms with Crippen molar-refractivity contribution < 1.29 is 18.8 Å². The summed E-state index contributed by atoms with van der Waals surface area (Å²) in [4.78, 5) is 11.6. The topological polar surface area (TPSA) is 87.6 Å². The van der Waals surface area contributed by atoms with E-state index in [0.29, 0.717) is 28.2 Å². The maximum atomic E-state index is 11.6. The van der Waals surface area contributed by atoms with Crippen LogP contribution in [0.3, 0.4) is 0 Å². The number of nitrogens with zero attached hydrogens (tertiary/aromatic N) is 1. The van der Waals surface area contributed by atoms with Crippen LogP contribution in [-0.4, -0.2) is 24.3 Å². The Hall–Kier alpha value is -1.77. The molecule has 0 spiro atoms. The van der Waals surface area contributed by atoms with E-state index in [4.69, 9.17) is 19.7 Å². The quantitative estimate of drug-likeness (QED) is 0.324. The number of carbonyl (C=O) groups excluding carboxylic acids is 1. The molecule has 154 valence electrons. The van der Waals surface area contributed by atoms with E-state index in [0.717, 1.165) is 42.6 Å². The minimum Gasteiger partial charge on any atom is -0.493 e. The van der Waals surface area contributed by atoms with Gasteiger partial charge in [0.05, 0.1) is 16.8 Å². The molecule has 2 rings (SSSR count). The molecule has 2 N–H and O–H groups in total. The molecule has 1 aromatic carbocycles. The van der Waals surface area contributed by atoms with Crippen molar-refractivity contribution in [1.82, 2.24) is 5.16 Å². The van der Waals surface area contributed by atoms with Crippen LogP contribution in [0.5, 0.6) is 11.5 Å². The first-order chi connectivity index (χ1) is 13.4. The maximum Gasteiger partial charge on any atom is 0.288 e. The Labute approximate surface area is 180 Å². The minimum absolute atomic E-state index is 0.0597. The molecule has 1 amide bonds. The second kappa shape index (κ2) is 10.7. The third-order valence-corrected chi connectivity index (χ3v) is 5.36. The molecule has 0 saturated heterocycles. The monoisotopic (exact) mass is 500 g/mol. The van der Waals surface area contributed by atoms with Gasteiger partial charge in [-0.3, -0.25) is 4.79 Å². The summed E-state index contributed by atoms with van der Waals surface area (Å²) in [5, 5.41) is 4.10. The Bertz CT molecular complexity index is 802. The molecule has 0 aliphatic rings. The van der Waals surface area contributed by atoms with Crippen LogP contribution in [0.4, 0.5) is 0 Å². The summed E-state index contributed by atoms with van der Waals surface area (Å²) in [6.45, 7) is 9.74. The summed E-state index contributed by atoms with van der Waals surface area (Å²) in [6, 6.07) is 3.96. The Kier molecular flexibility index (Phi) is 8.59. The van der Waals surface area contributed by atoms with Gasteiger partial charge in [0, 0.05) is 11.6 Å². The predicted molar refractivity (Wildman–Crippen MR) is 118 cm³/mol. The number of amides is 1. The van der Waals surface area contributed by atoms with Gasteiger partial charge in [0.2, 0.25) is 5.76 Å². The number of carbonyl (C=O) groups is 1. The van der Waals surface area contributed by atoms with Gasteiger partial charge in [-0.05, 0) is 53.0 Å². The molecule has 0 saturated carbocycles. The van der Waals surface area contributed by atoms with E-state index in [1.807, 2.05) is 34.7 Å². The van der Waals surface area contributed by atoms with Crippen molar-refractivity contribution in [1.29, 1.82) is 0 Å². The highest BCUT2D eigenvalue weighted by molar-refractivity contribution is 14.1. The largest absolute Gasteiger partial charge is 0.493 e. The lowest BCUT2D eigenvalue weighted by Crippen LogP contribution is -2.11. The van der Waals surface area contributed by atoms with E-state index in [2.05, 4.69) is 32.9 Å². The third kappa shape index (κ3) is 5.40. The Morgan fingerprint density at radius 1 is 1.14 bits per heavy atom. The fourth-order valence-corrected chi connectivity index (χ4v) is 3.46. The van der Waals surface area contributed by atoms with Gasteiger partial charge in [-0.1, -0.05) is 45.7 Å². The van der Waals surface area contributed by atoms with Crippen molar-refractivity contribution in [3.8, 4) is 22.8 Å². The lowest BCUT2D eigenvalue weighted by atomic mass is 9.97. The normalized spacial score (nSPS) is 11.1. The number of hydrogen-bond acceptors (Lipinski definition) is 5. The van der Waals surface area contributed by atoms with Gasteiger partial charge >= 0.3 is 0 Å². The number of hydrogen-bond donors (Lipinski definition) is 1. The van der Waals surface area contributed by atoms with Crippen molar-refractivity contribution >= 4 is 28.5 Å². The molecule has 0 radical (unpaired) electrons. The maximum absolute atomic E-state index is 11.6. The van der Waals surface area contributed by atoms with Crippen molar-refractivity contribution in [3.63, 3.8) is 0 Å². The molecular weight excluding hydrogens is 471 g/mol. The number of benzene rings is 1. The van der Waals surface area contributed by atoms with E-state index < -0.39 is 5.91 Å². The Morgan fingerprint density at radius 2 is 1.75 bits per heavy atom. The lowest BCUT2D eigenvalue weighted by Gasteiger charge is -2.19. The second-order valence-corrected chi connectivity index (χ2v) is 8.06. The van der Waals surface area contributed by atoms with Gasteiger partial charge in [-0.2, -0.15) is 0 Å². The molecule has 0 unspecified atom stereocenters. The molecule has 6 nitrogen and oxygen atoms in total. The Balaban J connectivity index is 2.54. The fraction of sp³-hybridized carbons (Fsp3) is 0.524. The first kappa shape index (κ1) is 22.5. The van der Waals surface area contributed by atoms with Crippen LogP contribution in [0.25, 0.3) is 11.3 Å². The molecule has 0 fully saturated rings. The van der Waals surface area contributed by atoms with Gasteiger partial charge < -0.3 is 19.7 Å². The van der Waals surface area contributed by atoms with Crippen LogP contribution in [0.15, 0.2) is 16.7 Å². The summed E-state index contributed by atoms with van der Waals surface area (Å²) in [7, 11) is 0. The highest BCUT2D eigenvalue weighted by Crippen LogP contribution is 2.41. The number of halogens is 1. The van der Waals surface area contributed by atoms with Gasteiger partial charge in [-0.15, -0.1) is 0 Å². The van der Waals surface area contributed by atoms with E-state index >= 15 is 0 Å². The third-order valence-electron chi connectivity index (χ3n) is 4.36. The van der Waals surface area contributed by atoms with E-state index in [1.165, 1.54) is 0 Å². The smallest absolute Gasteiger partial charge is 0.288 e. The number of rotatable bonds is 11. The van der Waals surface area contributed by atoms with E-state index in [-0.39, 0.29) is 11.7 Å². The zero-order chi connectivity index (χ0) is 20.7. The van der Waals surface area contributed by atoms with Crippen molar-refractivity contribution in [2.45, 2.75) is 59.3 Å². The molecule has 7 heteroatoms. The molecular formula is C21H29IN2O4. The number of aromatic nitrogens is 1. The Morgan fingerprint density at radius 3 is 2.25 bits per heavy atom. The number of nitrogens with two attached hydrogens (primary N) is 1. The molecule has 2 aromatic rings. The first-order valence-electron chi connectivity index (χ1n) is 9.79. The van der Waals surface area contributed by atoms with Crippen LogP contribution >= 0.6 is 22.6 Å². The van der Waals surface area contributed by atoms with Crippen molar-refractivity contribution in [3.05, 3.63) is 27.0 Å². The van der Waals surface area contributed by atoms with Gasteiger partial charge in [0.25, 0.3) is 5.91 Å². The number of primary amides is 1. The van der Waals surface area contributed by atoms with Crippen molar-refractivity contribution in [2.24, 2.45) is 5.73 Å². The average molecular weight is 500 g/mol. The SMILES string of the molecule is CCCCOc1cc(OCCCC)c(C(C)C)cc1-c1noc(C(N)=O)c1I. The zero-order valence-electron chi connectivity index (χ0n) is 17.0. The standard InChI is InChI=1S/C21H29IN2O4/c1-5-7-9-26-16-12-17(27-10-8-6-2)15(11-14(16)13(3)4)19-18(22)20(21(23)25)28-24-19/h11-13H,5-10H2,1-4H3,(H2,23,25). The lowest BCUT2D eigenvalue weighted by molar-refractivity contribution is 0.0964.